The lowest BCUT2D eigenvalue weighted by Crippen LogP contribution is -2.45. The summed E-state index contributed by atoms with van der Waals surface area (Å²) in [4.78, 5) is 24.6. The Morgan fingerprint density at radius 1 is 1.04 bits per heavy atom. The van der Waals surface area contributed by atoms with Crippen molar-refractivity contribution in [3.05, 3.63) is 65.0 Å². The molecule has 8 heteroatoms. The summed E-state index contributed by atoms with van der Waals surface area (Å²) in [6.45, 7) is 3.03. The fourth-order valence-electron chi connectivity index (χ4n) is 2.47. The summed E-state index contributed by atoms with van der Waals surface area (Å²) >= 11 is 0. The van der Waals surface area contributed by atoms with Gasteiger partial charge in [-0.05, 0) is 35.7 Å². The smallest absolute Gasteiger partial charge is 0.329 e. The van der Waals surface area contributed by atoms with Crippen molar-refractivity contribution in [2.75, 3.05) is 7.11 Å². The number of hydrogen-bond acceptors (Lipinski definition) is 4. The molecule has 2 aromatic rings. The van der Waals surface area contributed by atoms with Crippen LogP contribution >= 0.6 is 0 Å². The highest BCUT2D eigenvalue weighted by atomic mass is 19.1. The summed E-state index contributed by atoms with van der Waals surface area (Å²) in [6, 6.07) is 5.94. The highest BCUT2D eigenvalue weighted by Gasteiger charge is 2.28. The second-order valence-electron chi connectivity index (χ2n) is 6.37. The molecule has 0 unspecified atom stereocenters. The molecule has 1 N–H and O–H groups in total. The molecule has 150 valence electrons. The van der Waals surface area contributed by atoms with Crippen LogP contribution in [0, 0.1) is 23.4 Å². The Labute approximate surface area is 160 Å². The van der Waals surface area contributed by atoms with Crippen molar-refractivity contribution in [3.63, 3.8) is 0 Å². The van der Waals surface area contributed by atoms with Crippen molar-refractivity contribution < 1.29 is 32.2 Å². The van der Waals surface area contributed by atoms with Crippen LogP contribution in [0.5, 0.6) is 5.75 Å². The van der Waals surface area contributed by atoms with Gasteiger partial charge >= 0.3 is 5.97 Å². The Hall–Kier alpha value is -3.03. The molecule has 0 aromatic heterocycles. The van der Waals surface area contributed by atoms with Gasteiger partial charge in [0.1, 0.15) is 29.8 Å². The minimum atomic E-state index is -1.14. The summed E-state index contributed by atoms with van der Waals surface area (Å²) in [7, 11) is 1.33. The summed E-state index contributed by atoms with van der Waals surface area (Å²) in [5.74, 6) is -4.93. The van der Waals surface area contributed by atoms with Gasteiger partial charge in [-0.15, -0.1) is 0 Å². The van der Waals surface area contributed by atoms with Gasteiger partial charge in [-0.1, -0.05) is 26.0 Å². The fourth-order valence-corrected chi connectivity index (χ4v) is 2.47. The van der Waals surface area contributed by atoms with Crippen molar-refractivity contribution in [2.45, 2.75) is 26.5 Å². The Balaban J connectivity index is 2.08. The van der Waals surface area contributed by atoms with E-state index < -0.39 is 46.9 Å². The van der Waals surface area contributed by atoms with Crippen molar-refractivity contribution >= 4 is 11.9 Å². The van der Waals surface area contributed by atoms with E-state index in [1.807, 2.05) is 0 Å². The second kappa shape index (κ2) is 9.25. The average Bonchev–Trinajstić information content (AvgIpc) is 2.64. The van der Waals surface area contributed by atoms with Crippen LogP contribution in [0.3, 0.4) is 0 Å². The topological polar surface area (TPSA) is 64.6 Å². The minimum absolute atomic E-state index is 0.0503. The molecule has 0 aliphatic carbocycles. The van der Waals surface area contributed by atoms with E-state index in [1.165, 1.54) is 19.2 Å². The molecule has 1 amide bonds. The molecule has 0 saturated carbocycles. The zero-order valence-electron chi connectivity index (χ0n) is 15.6. The summed E-state index contributed by atoms with van der Waals surface area (Å²) in [5, 5.41) is 2.29. The van der Waals surface area contributed by atoms with E-state index in [-0.39, 0.29) is 12.4 Å². The fraction of sp³-hybridized carbons (Fsp3) is 0.300. The average molecular weight is 395 g/mol. The number of esters is 1. The Morgan fingerprint density at radius 3 is 2.21 bits per heavy atom. The lowest BCUT2D eigenvalue weighted by molar-refractivity contribution is -0.148. The van der Waals surface area contributed by atoms with Crippen LogP contribution in [0.15, 0.2) is 36.4 Å². The molecule has 28 heavy (non-hydrogen) atoms. The Morgan fingerprint density at radius 2 is 1.68 bits per heavy atom. The maximum atomic E-state index is 13.8. The van der Waals surface area contributed by atoms with Crippen LogP contribution in [0.25, 0.3) is 0 Å². The lowest BCUT2D eigenvalue weighted by atomic mass is 10.0. The number of carbonyl (C=O) groups excluding carboxylic acids is 2. The van der Waals surface area contributed by atoms with Crippen molar-refractivity contribution in [2.24, 2.45) is 5.92 Å². The van der Waals surface area contributed by atoms with Crippen LogP contribution in [-0.4, -0.2) is 25.0 Å². The first-order chi connectivity index (χ1) is 13.2. The number of rotatable bonds is 7. The van der Waals surface area contributed by atoms with Crippen molar-refractivity contribution in [1.82, 2.24) is 5.32 Å². The van der Waals surface area contributed by atoms with Crippen molar-refractivity contribution in [1.29, 1.82) is 0 Å². The first-order valence-electron chi connectivity index (χ1n) is 8.48. The number of methoxy groups -OCH3 is 1. The summed E-state index contributed by atoms with van der Waals surface area (Å²) in [6.07, 6.45) is 0. The minimum Gasteiger partial charge on any atom is -0.494 e. The largest absolute Gasteiger partial charge is 0.494 e. The molecular weight excluding hydrogens is 375 g/mol. The van der Waals surface area contributed by atoms with Gasteiger partial charge in [-0.3, -0.25) is 4.79 Å². The van der Waals surface area contributed by atoms with Crippen molar-refractivity contribution in [3.8, 4) is 5.75 Å². The molecule has 0 bridgehead atoms. The third-order valence-electron chi connectivity index (χ3n) is 3.99. The van der Waals surface area contributed by atoms with Gasteiger partial charge in [0.25, 0.3) is 5.91 Å². The molecule has 0 spiro atoms. The summed E-state index contributed by atoms with van der Waals surface area (Å²) < 4.78 is 51.2. The van der Waals surface area contributed by atoms with Gasteiger partial charge < -0.3 is 14.8 Å². The van der Waals surface area contributed by atoms with Gasteiger partial charge in [0, 0.05) is 0 Å². The van der Waals surface area contributed by atoms with Crippen LogP contribution < -0.4 is 10.1 Å². The Bertz CT molecular complexity index is 850. The molecule has 2 rings (SSSR count). The quantitative estimate of drug-likeness (QED) is 0.728. The maximum absolute atomic E-state index is 13.8. The highest BCUT2D eigenvalue weighted by Crippen LogP contribution is 2.19. The van der Waals surface area contributed by atoms with Gasteiger partial charge in [0.15, 0.2) is 11.6 Å². The first kappa shape index (κ1) is 21.3. The molecule has 0 saturated heterocycles. The highest BCUT2D eigenvalue weighted by molar-refractivity contribution is 5.97. The molecule has 1 atom stereocenters. The molecule has 2 aromatic carbocycles. The molecule has 0 aliphatic rings. The number of ether oxygens (including phenoxy) is 2. The normalized spacial score (nSPS) is 11.8. The van der Waals surface area contributed by atoms with Crippen LogP contribution in [0.4, 0.5) is 13.2 Å². The summed E-state index contributed by atoms with van der Waals surface area (Å²) in [5.41, 5.74) is -0.404. The van der Waals surface area contributed by atoms with E-state index in [0.29, 0.717) is 5.56 Å². The van der Waals surface area contributed by atoms with E-state index in [2.05, 4.69) is 5.32 Å². The SMILES string of the molecule is COc1ccc(COC(=O)[C@@H](NC(=O)c2c(F)cccc2F)C(C)C)cc1F. The molecule has 0 heterocycles. The third kappa shape index (κ3) is 5.03. The van der Waals surface area contributed by atoms with E-state index in [9.17, 15) is 22.8 Å². The molecular formula is C20H20F3NO4. The first-order valence-corrected chi connectivity index (χ1v) is 8.48. The van der Waals surface area contributed by atoms with Crippen LogP contribution in [0.1, 0.15) is 29.8 Å². The van der Waals surface area contributed by atoms with E-state index in [0.717, 1.165) is 24.3 Å². The van der Waals surface area contributed by atoms with Gasteiger partial charge in [0.05, 0.1) is 7.11 Å². The molecule has 0 fully saturated rings. The molecule has 5 nitrogen and oxygen atoms in total. The predicted molar refractivity (Wildman–Crippen MR) is 95.2 cm³/mol. The molecule has 0 radical (unpaired) electrons. The zero-order chi connectivity index (χ0) is 20.8. The van der Waals surface area contributed by atoms with E-state index >= 15 is 0 Å². The van der Waals surface area contributed by atoms with E-state index in [1.54, 1.807) is 13.8 Å². The predicted octanol–water partition coefficient (Wildman–Crippen LogP) is 3.61. The monoisotopic (exact) mass is 395 g/mol. The van der Waals surface area contributed by atoms with Gasteiger partial charge in [-0.25, -0.2) is 18.0 Å². The number of halogens is 3. The number of nitrogens with one attached hydrogen (secondary N) is 1. The standard InChI is InChI=1S/C20H20F3NO4/c1-11(2)18(24-19(25)17-13(21)5-4-6-14(17)22)20(26)28-10-12-7-8-16(27-3)15(23)9-12/h4-9,11,18H,10H2,1-3H3,(H,24,25)/t18-/m0/s1. The molecule has 0 aliphatic heterocycles. The van der Waals surface area contributed by atoms with Gasteiger partial charge in [-0.2, -0.15) is 0 Å². The number of carbonyl (C=O) groups is 2. The third-order valence-corrected chi connectivity index (χ3v) is 3.99. The van der Waals surface area contributed by atoms with E-state index in [4.69, 9.17) is 9.47 Å². The zero-order valence-corrected chi connectivity index (χ0v) is 15.6. The number of benzene rings is 2. The van der Waals surface area contributed by atoms with Crippen LogP contribution in [-0.2, 0) is 16.1 Å². The maximum Gasteiger partial charge on any atom is 0.329 e. The second-order valence-corrected chi connectivity index (χ2v) is 6.37. The van der Waals surface area contributed by atoms with Crippen LogP contribution in [0.2, 0.25) is 0 Å². The van der Waals surface area contributed by atoms with Gasteiger partial charge in [0.2, 0.25) is 0 Å². The number of amides is 1. The number of hydrogen-bond donors (Lipinski definition) is 1. The lowest BCUT2D eigenvalue weighted by Gasteiger charge is -2.21. The Kier molecular flexibility index (Phi) is 7.03.